The number of anilines is 1. The maximum absolute atomic E-state index is 12.7. The van der Waals surface area contributed by atoms with Crippen LogP contribution in [0, 0.1) is 0 Å². The van der Waals surface area contributed by atoms with Crippen LogP contribution >= 0.6 is 0 Å². The van der Waals surface area contributed by atoms with Gasteiger partial charge in [0.1, 0.15) is 5.75 Å². The predicted octanol–water partition coefficient (Wildman–Crippen LogP) is 4.44. The molecule has 3 rings (SSSR count). The number of hydrogen-bond donors (Lipinski definition) is 1. The minimum absolute atomic E-state index is 0.00997. The average molecular weight is 395 g/mol. The van der Waals surface area contributed by atoms with Gasteiger partial charge >= 0.3 is 0 Å². The summed E-state index contributed by atoms with van der Waals surface area (Å²) in [6, 6.07) is 13.6. The molecular formula is C24H30N2O3. The van der Waals surface area contributed by atoms with Crippen molar-refractivity contribution in [3.05, 3.63) is 59.2 Å². The van der Waals surface area contributed by atoms with Crippen LogP contribution in [0.15, 0.2) is 42.5 Å². The quantitative estimate of drug-likeness (QED) is 0.788. The average Bonchev–Trinajstić information content (AvgIpc) is 2.69. The second-order valence-electron chi connectivity index (χ2n) is 8.52. The molecule has 0 saturated heterocycles. The highest BCUT2D eigenvalue weighted by molar-refractivity contribution is 5.98. The molecule has 154 valence electrons. The van der Waals surface area contributed by atoms with Crippen LogP contribution in [0.4, 0.5) is 5.69 Å². The maximum Gasteiger partial charge on any atom is 0.265 e. The molecule has 0 atom stereocenters. The van der Waals surface area contributed by atoms with E-state index in [9.17, 15) is 9.59 Å². The van der Waals surface area contributed by atoms with Gasteiger partial charge in [0.25, 0.3) is 11.8 Å². The molecule has 0 aliphatic carbocycles. The first kappa shape index (κ1) is 20.9. The number of rotatable bonds is 6. The van der Waals surface area contributed by atoms with Gasteiger partial charge in [0, 0.05) is 11.6 Å². The first-order chi connectivity index (χ1) is 13.7. The number of nitrogens with one attached hydrogen (secondary N) is 1. The van der Waals surface area contributed by atoms with Crippen LogP contribution in [0.3, 0.4) is 0 Å². The Labute approximate surface area is 173 Å². The molecule has 1 N–H and O–H groups in total. The second kappa shape index (κ2) is 8.27. The number of amides is 2. The SMILES string of the molecule is CCC(C)(C)c1ccc2c(c1)N(Cc1cccc(C(=O)NC(C)C)c1)C(=O)CO2. The molecule has 5 heteroatoms. The lowest BCUT2D eigenvalue weighted by molar-refractivity contribution is -0.121. The van der Waals surface area contributed by atoms with Crippen LogP contribution in [-0.2, 0) is 16.8 Å². The Bertz CT molecular complexity index is 918. The minimum atomic E-state index is -0.109. The van der Waals surface area contributed by atoms with Crippen molar-refractivity contribution in [2.45, 2.75) is 59.0 Å². The van der Waals surface area contributed by atoms with Gasteiger partial charge in [0.2, 0.25) is 0 Å². The van der Waals surface area contributed by atoms with E-state index in [-0.39, 0.29) is 29.9 Å². The Kier molecular flexibility index (Phi) is 5.96. The molecule has 0 spiro atoms. The number of benzene rings is 2. The van der Waals surface area contributed by atoms with Gasteiger partial charge in [0.05, 0.1) is 12.2 Å². The van der Waals surface area contributed by atoms with Crippen LogP contribution in [-0.4, -0.2) is 24.5 Å². The maximum atomic E-state index is 12.7. The molecule has 1 heterocycles. The zero-order chi connectivity index (χ0) is 21.2. The largest absolute Gasteiger partial charge is 0.482 e. The van der Waals surface area contributed by atoms with Crippen LogP contribution in [0.2, 0.25) is 0 Å². The standard InChI is InChI=1S/C24H30N2O3/c1-6-24(4,5)19-10-11-21-20(13-19)26(22(27)15-29-21)14-17-8-7-9-18(12-17)23(28)25-16(2)3/h7-13,16H,6,14-15H2,1-5H3,(H,25,28). The van der Waals surface area contributed by atoms with E-state index in [0.717, 1.165) is 17.7 Å². The minimum Gasteiger partial charge on any atom is -0.482 e. The van der Waals surface area contributed by atoms with Gasteiger partial charge < -0.3 is 15.0 Å². The van der Waals surface area contributed by atoms with Gasteiger partial charge in [-0.15, -0.1) is 0 Å². The Morgan fingerprint density at radius 3 is 2.66 bits per heavy atom. The lowest BCUT2D eigenvalue weighted by Gasteiger charge is -2.32. The van der Waals surface area contributed by atoms with Crippen LogP contribution in [0.25, 0.3) is 0 Å². The Balaban J connectivity index is 1.92. The lowest BCUT2D eigenvalue weighted by atomic mass is 9.82. The van der Waals surface area contributed by atoms with E-state index in [1.165, 1.54) is 5.56 Å². The molecule has 0 unspecified atom stereocenters. The number of fused-ring (bicyclic) bond motifs is 1. The summed E-state index contributed by atoms with van der Waals surface area (Å²) >= 11 is 0. The monoisotopic (exact) mass is 394 g/mol. The third-order valence-electron chi connectivity index (χ3n) is 5.52. The van der Waals surface area contributed by atoms with Crippen molar-refractivity contribution in [2.24, 2.45) is 0 Å². The van der Waals surface area contributed by atoms with E-state index in [0.29, 0.717) is 17.9 Å². The number of carbonyl (C=O) groups is 2. The Hall–Kier alpha value is -2.82. The lowest BCUT2D eigenvalue weighted by Crippen LogP contribution is -2.38. The molecule has 0 aromatic heterocycles. The van der Waals surface area contributed by atoms with E-state index in [4.69, 9.17) is 4.74 Å². The normalized spacial score (nSPS) is 13.9. The number of ether oxygens (including phenoxy) is 1. The molecule has 2 aromatic carbocycles. The smallest absolute Gasteiger partial charge is 0.265 e. The molecule has 0 saturated carbocycles. The molecule has 1 aliphatic heterocycles. The molecule has 5 nitrogen and oxygen atoms in total. The third kappa shape index (κ3) is 4.61. The van der Waals surface area contributed by atoms with E-state index < -0.39 is 0 Å². The molecule has 2 amide bonds. The van der Waals surface area contributed by atoms with Gasteiger partial charge in [-0.3, -0.25) is 9.59 Å². The molecule has 2 aromatic rings. The molecule has 1 aliphatic rings. The Morgan fingerprint density at radius 1 is 1.21 bits per heavy atom. The fourth-order valence-electron chi connectivity index (χ4n) is 3.34. The van der Waals surface area contributed by atoms with E-state index in [1.54, 1.807) is 11.0 Å². The number of nitrogens with zero attached hydrogens (tertiary/aromatic N) is 1. The van der Waals surface area contributed by atoms with Crippen LogP contribution < -0.4 is 15.0 Å². The van der Waals surface area contributed by atoms with Crippen LogP contribution in [0.1, 0.15) is 62.5 Å². The van der Waals surface area contributed by atoms with Gasteiger partial charge in [0.15, 0.2) is 6.61 Å². The fourth-order valence-corrected chi connectivity index (χ4v) is 3.34. The van der Waals surface area contributed by atoms with Gasteiger partial charge in [-0.05, 0) is 61.1 Å². The van der Waals surface area contributed by atoms with Crippen molar-refractivity contribution in [3.63, 3.8) is 0 Å². The van der Waals surface area contributed by atoms with Crippen molar-refractivity contribution in [1.82, 2.24) is 5.32 Å². The number of carbonyl (C=O) groups excluding carboxylic acids is 2. The zero-order valence-electron chi connectivity index (χ0n) is 17.9. The molecular weight excluding hydrogens is 364 g/mol. The molecule has 0 fully saturated rings. The highest BCUT2D eigenvalue weighted by Crippen LogP contribution is 2.38. The van der Waals surface area contributed by atoms with Gasteiger partial charge in [-0.1, -0.05) is 39.0 Å². The molecule has 0 bridgehead atoms. The molecule has 29 heavy (non-hydrogen) atoms. The van der Waals surface area contributed by atoms with Gasteiger partial charge in [-0.25, -0.2) is 0 Å². The fraction of sp³-hybridized carbons (Fsp3) is 0.417. The summed E-state index contributed by atoms with van der Waals surface area (Å²) in [5, 5.41) is 2.91. The van der Waals surface area contributed by atoms with E-state index in [2.05, 4.69) is 38.2 Å². The Morgan fingerprint density at radius 2 is 1.97 bits per heavy atom. The summed E-state index contributed by atoms with van der Waals surface area (Å²) in [7, 11) is 0. The van der Waals surface area contributed by atoms with Crippen molar-refractivity contribution < 1.29 is 14.3 Å². The topological polar surface area (TPSA) is 58.6 Å². The first-order valence-electron chi connectivity index (χ1n) is 10.2. The van der Waals surface area contributed by atoms with Crippen LogP contribution in [0.5, 0.6) is 5.75 Å². The summed E-state index contributed by atoms with van der Waals surface area (Å²) in [6.07, 6.45) is 0.994. The predicted molar refractivity (Wildman–Crippen MR) is 115 cm³/mol. The van der Waals surface area contributed by atoms with Crippen molar-refractivity contribution in [3.8, 4) is 5.75 Å². The zero-order valence-corrected chi connectivity index (χ0v) is 17.9. The van der Waals surface area contributed by atoms with E-state index >= 15 is 0 Å². The third-order valence-corrected chi connectivity index (χ3v) is 5.52. The second-order valence-corrected chi connectivity index (χ2v) is 8.52. The summed E-state index contributed by atoms with van der Waals surface area (Å²) in [5.41, 5.74) is 3.47. The molecule has 0 radical (unpaired) electrons. The summed E-state index contributed by atoms with van der Waals surface area (Å²) < 4.78 is 5.66. The highest BCUT2D eigenvalue weighted by atomic mass is 16.5. The first-order valence-corrected chi connectivity index (χ1v) is 10.2. The van der Waals surface area contributed by atoms with Crippen molar-refractivity contribution in [2.75, 3.05) is 11.5 Å². The summed E-state index contributed by atoms with van der Waals surface area (Å²) in [5.74, 6) is 0.525. The van der Waals surface area contributed by atoms with Crippen molar-refractivity contribution in [1.29, 1.82) is 0 Å². The van der Waals surface area contributed by atoms with E-state index in [1.807, 2.05) is 38.1 Å². The summed E-state index contributed by atoms with van der Waals surface area (Å²) in [6.45, 7) is 10.8. The highest BCUT2D eigenvalue weighted by Gasteiger charge is 2.28. The van der Waals surface area contributed by atoms with Crippen molar-refractivity contribution >= 4 is 17.5 Å². The van der Waals surface area contributed by atoms with Gasteiger partial charge in [-0.2, -0.15) is 0 Å². The number of hydrogen-bond acceptors (Lipinski definition) is 3. The summed E-state index contributed by atoms with van der Waals surface area (Å²) in [4.78, 5) is 26.8.